The van der Waals surface area contributed by atoms with Crippen LogP contribution in [-0.2, 0) is 16.6 Å². The van der Waals surface area contributed by atoms with E-state index in [-0.39, 0.29) is 12.4 Å². The first-order valence-electron chi connectivity index (χ1n) is 12.0. The molecular formula is C26H31N9O4. The summed E-state index contributed by atoms with van der Waals surface area (Å²) >= 11 is 0. The number of hydrogen-bond acceptors (Lipinski definition) is 9. The van der Waals surface area contributed by atoms with Crippen molar-refractivity contribution < 1.29 is 19.4 Å². The number of nitrogens with zero attached hydrogens (tertiary/aromatic N) is 6. The Morgan fingerprint density at radius 2 is 2.03 bits per heavy atom. The van der Waals surface area contributed by atoms with E-state index in [4.69, 9.17) is 19.6 Å². The van der Waals surface area contributed by atoms with Crippen molar-refractivity contribution in [2.45, 2.75) is 6.04 Å². The summed E-state index contributed by atoms with van der Waals surface area (Å²) in [5.74, 6) is 0.695. The molecule has 0 saturated carbocycles. The van der Waals surface area contributed by atoms with Crippen molar-refractivity contribution in [3.63, 3.8) is 0 Å². The van der Waals surface area contributed by atoms with Crippen LogP contribution in [0.3, 0.4) is 0 Å². The molecule has 4 aromatic rings. The van der Waals surface area contributed by atoms with Crippen LogP contribution in [0.4, 0.5) is 23.0 Å². The summed E-state index contributed by atoms with van der Waals surface area (Å²) in [6.07, 6.45) is 6.76. The van der Waals surface area contributed by atoms with Crippen molar-refractivity contribution in [3.8, 4) is 17.0 Å². The minimum Gasteiger partial charge on any atom is -0.494 e. The lowest BCUT2D eigenvalue weighted by Gasteiger charge is -2.45. The highest BCUT2D eigenvalue weighted by atomic mass is 16.5. The van der Waals surface area contributed by atoms with Crippen molar-refractivity contribution in [1.29, 1.82) is 0 Å². The molecule has 0 unspecified atom stereocenters. The number of aromatic amines is 1. The average molecular weight is 534 g/mol. The molecule has 1 amide bonds. The smallest absolute Gasteiger partial charge is 0.290 e. The van der Waals surface area contributed by atoms with E-state index in [9.17, 15) is 4.79 Å². The maximum Gasteiger partial charge on any atom is 0.290 e. The zero-order valence-electron chi connectivity index (χ0n) is 22.2. The van der Waals surface area contributed by atoms with Gasteiger partial charge in [0.05, 0.1) is 36.1 Å². The quantitative estimate of drug-likeness (QED) is 0.196. The first-order chi connectivity index (χ1) is 18.8. The number of hydrogen-bond donors (Lipinski definition) is 4. The number of methoxy groups -OCH3 is 1. The number of rotatable bonds is 8. The third-order valence-corrected chi connectivity index (χ3v) is 6.33. The number of carbonyl (C=O) groups is 2. The Labute approximate surface area is 225 Å². The molecule has 39 heavy (non-hydrogen) atoms. The minimum absolute atomic E-state index is 0.250. The molecule has 204 valence electrons. The van der Waals surface area contributed by atoms with Gasteiger partial charge in [-0.05, 0) is 32.3 Å². The first-order valence-corrected chi connectivity index (χ1v) is 12.0. The van der Waals surface area contributed by atoms with Crippen LogP contribution in [-0.4, -0.2) is 87.5 Å². The summed E-state index contributed by atoms with van der Waals surface area (Å²) in [7, 11) is 7.61. The number of H-pyrrole nitrogens is 1. The summed E-state index contributed by atoms with van der Waals surface area (Å²) in [6, 6.07) is 6.14. The summed E-state index contributed by atoms with van der Waals surface area (Å²) in [5.41, 5.74) is 4.46. The van der Waals surface area contributed by atoms with Gasteiger partial charge in [-0.3, -0.25) is 14.3 Å². The maximum absolute atomic E-state index is 12.2. The van der Waals surface area contributed by atoms with Crippen molar-refractivity contribution in [2.75, 3.05) is 49.8 Å². The molecule has 0 radical (unpaired) electrons. The van der Waals surface area contributed by atoms with Gasteiger partial charge in [-0.2, -0.15) is 10.1 Å². The predicted octanol–water partition coefficient (Wildman–Crippen LogP) is 2.69. The van der Waals surface area contributed by atoms with Crippen molar-refractivity contribution >= 4 is 46.4 Å². The molecule has 1 aromatic carbocycles. The van der Waals surface area contributed by atoms with Gasteiger partial charge in [-0.25, -0.2) is 4.98 Å². The molecule has 1 saturated heterocycles. The molecule has 1 aliphatic rings. The Kier molecular flexibility index (Phi) is 8.10. The Morgan fingerprint density at radius 1 is 1.28 bits per heavy atom. The molecule has 0 aliphatic carbocycles. The molecule has 13 nitrogen and oxygen atoms in total. The third kappa shape index (κ3) is 5.83. The number of fused-ring (bicyclic) bond motifs is 1. The van der Waals surface area contributed by atoms with Crippen LogP contribution < -0.4 is 20.3 Å². The minimum atomic E-state index is -0.292. The second-order valence-electron chi connectivity index (χ2n) is 9.05. The molecule has 4 heterocycles. The fourth-order valence-corrected chi connectivity index (χ4v) is 4.24. The van der Waals surface area contributed by atoms with Crippen molar-refractivity contribution in [1.82, 2.24) is 29.6 Å². The van der Waals surface area contributed by atoms with E-state index in [1.165, 1.54) is 6.08 Å². The highest BCUT2D eigenvalue weighted by Crippen LogP contribution is 2.40. The summed E-state index contributed by atoms with van der Waals surface area (Å²) < 4.78 is 7.45. The maximum atomic E-state index is 12.2. The average Bonchev–Trinajstić information content (AvgIpc) is 3.53. The van der Waals surface area contributed by atoms with E-state index < -0.39 is 0 Å². The fourth-order valence-electron chi connectivity index (χ4n) is 4.24. The normalized spacial score (nSPS) is 12.9. The van der Waals surface area contributed by atoms with E-state index in [2.05, 4.69) is 56.2 Å². The SMILES string of the molecule is C=CC(=O)Nc1cc(Nc2nc(-c3cnn(C)c3)c3cc[nH]c3n2)c(OC)cc1N1CC(N(C)C)C1.O=CO. The van der Waals surface area contributed by atoms with Gasteiger partial charge in [0.15, 0.2) is 0 Å². The summed E-state index contributed by atoms with van der Waals surface area (Å²) in [5, 5.41) is 18.3. The van der Waals surface area contributed by atoms with E-state index in [1.807, 2.05) is 37.6 Å². The lowest BCUT2D eigenvalue weighted by Crippen LogP contribution is -2.57. The molecule has 5 rings (SSSR count). The number of carbonyl (C=O) groups excluding carboxylic acids is 1. The fraction of sp³-hybridized carbons (Fsp3) is 0.269. The number of amides is 1. The number of likely N-dealkylation sites (N-methyl/N-ethyl adjacent to an activating group) is 1. The number of nitrogens with one attached hydrogen (secondary N) is 3. The summed E-state index contributed by atoms with van der Waals surface area (Å²) in [4.78, 5) is 37.6. The largest absolute Gasteiger partial charge is 0.494 e. The zero-order valence-corrected chi connectivity index (χ0v) is 22.2. The van der Waals surface area contributed by atoms with Gasteiger partial charge in [0.2, 0.25) is 11.9 Å². The van der Waals surface area contributed by atoms with Gasteiger partial charge >= 0.3 is 0 Å². The molecule has 0 bridgehead atoms. The van der Waals surface area contributed by atoms with Crippen LogP contribution in [0.2, 0.25) is 0 Å². The number of aromatic nitrogens is 5. The van der Waals surface area contributed by atoms with Gasteiger partial charge in [0.1, 0.15) is 11.4 Å². The molecular weight excluding hydrogens is 502 g/mol. The number of carboxylic acid groups (broad SMARTS) is 1. The highest BCUT2D eigenvalue weighted by Gasteiger charge is 2.31. The number of aryl methyl sites for hydroxylation is 1. The van der Waals surface area contributed by atoms with Crippen LogP contribution >= 0.6 is 0 Å². The second-order valence-corrected chi connectivity index (χ2v) is 9.05. The van der Waals surface area contributed by atoms with E-state index >= 15 is 0 Å². The van der Waals surface area contributed by atoms with Gasteiger partial charge in [-0.1, -0.05) is 6.58 Å². The van der Waals surface area contributed by atoms with E-state index in [1.54, 1.807) is 18.0 Å². The number of benzene rings is 1. The van der Waals surface area contributed by atoms with Gasteiger partial charge in [0.25, 0.3) is 6.47 Å². The van der Waals surface area contributed by atoms with Crippen molar-refractivity contribution in [3.05, 3.63) is 49.4 Å². The van der Waals surface area contributed by atoms with Gasteiger partial charge in [0, 0.05) is 55.6 Å². The van der Waals surface area contributed by atoms with Crippen LogP contribution in [0.1, 0.15) is 0 Å². The Balaban J connectivity index is 0.00000112. The second kappa shape index (κ2) is 11.6. The van der Waals surface area contributed by atoms with E-state index in [0.717, 1.165) is 35.4 Å². The topological polar surface area (TPSA) is 154 Å². The van der Waals surface area contributed by atoms with Crippen LogP contribution in [0, 0.1) is 0 Å². The zero-order chi connectivity index (χ0) is 28.1. The molecule has 0 atom stereocenters. The molecule has 1 fully saturated rings. The summed E-state index contributed by atoms with van der Waals surface area (Å²) in [6.45, 7) is 5.03. The molecule has 3 aromatic heterocycles. The lowest BCUT2D eigenvalue weighted by molar-refractivity contribution is -0.122. The Morgan fingerprint density at radius 3 is 2.64 bits per heavy atom. The molecule has 13 heteroatoms. The molecule has 0 spiro atoms. The van der Waals surface area contributed by atoms with Crippen LogP contribution in [0.5, 0.6) is 5.75 Å². The van der Waals surface area contributed by atoms with Crippen LogP contribution in [0.15, 0.2) is 49.4 Å². The molecule has 4 N–H and O–H groups in total. The Bertz CT molecular complexity index is 1490. The van der Waals surface area contributed by atoms with Gasteiger partial charge < -0.3 is 35.3 Å². The Hall–Kier alpha value is -4.91. The lowest BCUT2D eigenvalue weighted by atomic mass is 10.0. The predicted molar refractivity (Wildman–Crippen MR) is 150 cm³/mol. The van der Waals surface area contributed by atoms with Gasteiger partial charge in [-0.15, -0.1) is 0 Å². The monoisotopic (exact) mass is 533 g/mol. The third-order valence-electron chi connectivity index (χ3n) is 6.33. The molecule has 1 aliphatic heterocycles. The van der Waals surface area contributed by atoms with Crippen LogP contribution in [0.25, 0.3) is 22.3 Å². The standard InChI is InChI=1S/C25H29N9O2.CH2O2/c1-6-22(35)28-18-9-19(21(36-5)10-20(18)34-13-16(14-34)32(2)3)29-25-30-23(15-11-27-33(4)12-15)17-7-8-26-24(17)31-25;2-1-3/h6-12,16H,1,13-14H2,2-5H3,(H,28,35)(H2,26,29,30,31);1H,(H,2,3). The number of ether oxygens (including phenoxy) is 1. The van der Waals surface area contributed by atoms with Crippen molar-refractivity contribution in [2.24, 2.45) is 7.05 Å². The highest BCUT2D eigenvalue weighted by molar-refractivity contribution is 6.02. The number of anilines is 4. The van der Waals surface area contributed by atoms with E-state index in [0.29, 0.717) is 34.8 Å². The first kappa shape index (κ1) is 27.1.